The molecule has 1 N–H and O–H groups in total. The highest BCUT2D eigenvalue weighted by Gasteiger charge is 2.22. The largest absolute Gasteiger partial charge is 1.00 e. The van der Waals surface area contributed by atoms with E-state index >= 15 is 0 Å². The van der Waals surface area contributed by atoms with E-state index in [-0.39, 0.29) is 30.2 Å². The summed E-state index contributed by atoms with van der Waals surface area (Å²) < 4.78 is 11.5. The van der Waals surface area contributed by atoms with Crippen LogP contribution in [0.4, 0.5) is 5.69 Å². The number of methoxy groups -OCH3 is 1. The van der Waals surface area contributed by atoms with Gasteiger partial charge in [-0.15, -0.1) is 0 Å². The van der Waals surface area contributed by atoms with E-state index in [1.807, 2.05) is 36.4 Å². The molecule has 5 nitrogen and oxygen atoms in total. The number of nitrogens with zero attached hydrogens (tertiary/aromatic N) is 2. The average Bonchev–Trinajstić information content (AvgIpc) is 2.72. The number of halogens is 2. The van der Waals surface area contributed by atoms with Crippen LogP contribution < -0.4 is 39.2 Å². The summed E-state index contributed by atoms with van der Waals surface area (Å²) in [7, 11) is 1.71. The first-order valence-electron chi connectivity index (χ1n) is 10.4. The van der Waals surface area contributed by atoms with E-state index in [4.69, 9.17) is 9.47 Å². The van der Waals surface area contributed by atoms with Crippen molar-refractivity contribution in [3.8, 4) is 11.5 Å². The summed E-state index contributed by atoms with van der Waals surface area (Å²) in [6, 6.07) is 16.2. The Balaban J connectivity index is 0.00000240. The Morgan fingerprint density at radius 3 is 2.10 bits per heavy atom. The third-order valence-electron chi connectivity index (χ3n) is 5.39. The van der Waals surface area contributed by atoms with Crippen LogP contribution >= 0.6 is 0 Å². The first kappa shape index (κ1) is 27.4. The lowest BCUT2D eigenvalue weighted by atomic mass is 9.86. The molecule has 3 rings (SSSR count). The summed E-state index contributed by atoms with van der Waals surface area (Å²) in [5.41, 5.74) is 2.31. The van der Waals surface area contributed by atoms with Gasteiger partial charge in [0.25, 0.3) is 0 Å². The molecule has 7 heteroatoms. The minimum Gasteiger partial charge on any atom is -1.00 e. The number of benzene rings is 2. The molecule has 1 atom stereocenters. The number of anilines is 1. The number of aliphatic hydroxyl groups is 1. The molecule has 1 saturated heterocycles. The van der Waals surface area contributed by atoms with Gasteiger partial charge in [0.2, 0.25) is 0 Å². The molecule has 0 saturated carbocycles. The molecule has 0 aliphatic carbocycles. The summed E-state index contributed by atoms with van der Waals surface area (Å²) >= 11 is 0. The molecule has 31 heavy (non-hydrogen) atoms. The SMILES string of the molecule is COc1ccccc1N1CCN(CC(O)COc2ccccc2C(C)(C)C)CC1.[Cl-].[Cl-]. The zero-order chi connectivity index (χ0) is 20.9. The molecular weight excluding hydrogens is 435 g/mol. The van der Waals surface area contributed by atoms with Crippen molar-refractivity contribution < 1.29 is 39.4 Å². The Morgan fingerprint density at radius 2 is 1.48 bits per heavy atom. The molecule has 174 valence electrons. The summed E-state index contributed by atoms with van der Waals surface area (Å²) in [5.74, 6) is 1.77. The van der Waals surface area contributed by atoms with Gasteiger partial charge in [-0.3, -0.25) is 4.90 Å². The molecule has 2 aromatic carbocycles. The third-order valence-corrected chi connectivity index (χ3v) is 5.39. The van der Waals surface area contributed by atoms with Crippen molar-refractivity contribution in [3.05, 3.63) is 54.1 Å². The molecule has 0 spiro atoms. The van der Waals surface area contributed by atoms with Gasteiger partial charge in [-0.2, -0.15) is 0 Å². The van der Waals surface area contributed by atoms with E-state index in [9.17, 15) is 5.11 Å². The van der Waals surface area contributed by atoms with Crippen LogP contribution in [-0.2, 0) is 5.41 Å². The van der Waals surface area contributed by atoms with Gasteiger partial charge < -0.3 is 44.3 Å². The normalized spacial score (nSPS) is 15.5. The lowest BCUT2D eigenvalue weighted by molar-refractivity contribution is -0.00100. The summed E-state index contributed by atoms with van der Waals surface area (Å²) in [5, 5.41) is 10.5. The van der Waals surface area contributed by atoms with Gasteiger partial charge in [-0.1, -0.05) is 51.1 Å². The fourth-order valence-electron chi connectivity index (χ4n) is 3.81. The molecule has 1 aliphatic heterocycles. The Kier molecular flexibility index (Phi) is 10.9. The van der Waals surface area contributed by atoms with Crippen molar-refractivity contribution in [2.75, 3.05) is 51.3 Å². The second-order valence-corrected chi connectivity index (χ2v) is 8.67. The van der Waals surface area contributed by atoms with Gasteiger partial charge in [0.15, 0.2) is 0 Å². The Bertz CT molecular complexity index is 790. The van der Waals surface area contributed by atoms with Gasteiger partial charge in [0, 0.05) is 32.7 Å². The molecule has 1 unspecified atom stereocenters. The molecule has 2 aromatic rings. The molecular formula is C24H34Cl2N2O3-2. The van der Waals surface area contributed by atoms with E-state index in [0.29, 0.717) is 13.2 Å². The third kappa shape index (κ3) is 7.46. The van der Waals surface area contributed by atoms with Crippen LogP contribution in [0.3, 0.4) is 0 Å². The lowest BCUT2D eigenvalue weighted by Gasteiger charge is -2.37. The van der Waals surface area contributed by atoms with Crippen LogP contribution in [0.25, 0.3) is 0 Å². The zero-order valence-electron chi connectivity index (χ0n) is 18.9. The van der Waals surface area contributed by atoms with E-state index in [2.05, 4.69) is 42.7 Å². The maximum absolute atomic E-state index is 10.5. The van der Waals surface area contributed by atoms with Gasteiger partial charge in [-0.05, 0) is 29.2 Å². The molecule has 1 heterocycles. The van der Waals surface area contributed by atoms with Crippen molar-refractivity contribution >= 4 is 5.69 Å². The molecule has 0 radical (unpaired) electrons. The van der Waals surface area contributed by atoms with Crippen molar-refractivity contribution in [1.82, 2.24) is 4.90 Å². The van der Waals surface area contributed by atoms with E-state index in [0.717, 1.165) is 48.9 Å². The van der Waals surface area contributed by atoms with Crippen molar-refractivity contribution in [1.29, 1.82) is 0 Å². The summed E-state index contributed by atoms with van der Waals surface area (Å²) in [6.45, 7) is 11.1. The maximum atomic E-state index is 10.5. The number of aliphatic hydroxyl groups excluding tert-OH is 1. The minimum atomic E-state index is -0.513. The fraction of sp³-hybridized carbons (Fsp3) is 0.500. The van der Waals surface area contributed by atoms with Crippen LogP contribution in [0.1, 0.15) is 26.3 Å². The van der Waals surface area contributed by atoms with Crippen LogP contribution in [0, 0.1) is 0 Å². The second-order valence-electron chi connectivity index (χ2n) is 8.67. The fourth-order valence-corrected chi connectivity index (χ4v) is 3.81. The standard InChI is InChI=1S/C24H34N2O3.2ClH/c1-24(2,3)20-9-5-7-11-22(20)29-18-19(27)17-25-13-15-26(16-14-25)21-10-6-8-12-23(21)28-4;;/h5-12,19,27H,13-18H2,1-4H3;2*1H/p-2. The minimum absolute atomic E-state index is 0. The molecule has 0 bridgehead atoms. The summed E-state index contributed by atoms with van der Waals surface area (Å²) in [4.78, 5) is 4.65. The number of hydrogen-bond donors (Lipinski definition) is 1. The first-order chi connectivity index (χ1) is 13.9. The molecule has 1 aliphatic rings. The number of para-hydroxylation sites is 3. The Morgan fingerprint density at radius 1 is 0.903 bits per heavy atom. The van der Waals surface area contributed by atoms with Crippen molar-refractivity contribution in [3.63, 3.8) is 0 Å². The van der Waals surface area contributed by atoms with Crippen molar-refractivity contribution in [2.45, 2.75) is 32.3 Å². The maximum Gasteiger partial charge on any atom is 0.142 e. The summed E-state index contributed by atoms with van der Waals surface area (Å²) in [6.07, 6.45) is -0.513. The smallest absolute Gasteiger partial charge is 0.142 e. The topological polar surface area (TPSA) is 45.2 Å². The van der Waals surface area contributed by atoms with Gasteiger partial charge >= 0.3 is 0 Å². The van der Waals surface area contributed by atoms with Crippen LogP contribution in [0.2, 0.25) is 0 Å². The highest BCUT2D eigenvalue weighted by atomic mass is 35.5. The zero-order valence-corrected chi connectivity index (χ0v) is 20.4. The van der Waals surface area contributed by atoms with Gasteiger partial charge in [-0.25, -0.2) is 0 Å². The van der Waals surface area contributed by atoms with Crippen LogP contribution in [0.15, 0.2) is 48.5 Å². The number of β-amino-alcohol motifs (C(OH)–C–C–N with tert-alkyl or cyclic N) is 1. The number of hydrogen-bond acceptors (Lipinski definition) is 5. The second kappa shape index (κ2) is 12.4. The predicted molar refractivity (Wildman–Crippen MR) is 118 cm³/mol. The van der Waals surface area contributed by atoms with Crippen LogP contribution in [-0.4, -0.2) is 62.6 Å². The van der Waals surface area contributed by atoms with Gasteiger partial charge in [0.05, 0.1) is 12.8 Å². The van der Waals surface area contributed by atoms with E-state index in [1.165, 1.54) is 0 Å². The quantitative estimate of drug-likeness (QED) is 0.489. The lowest BCUT2D eigenvalue weighted by Crippen LogP contribution is -3.00. The highest BCUT2D eigenvalue weighted by Crippen LogP contribution is 2.31. The van der Waals surface area contributed by atoms with E-state index < -0.39 is 6.10 Å². The number of ether oxygens (including phenoxy) is 2. The molecule has 1 fully saturated rings. The first-order valence-corrected chi connectivity index (χ1v) is 10.4. The van der Waals surface area contributed by atoms with Crippen molar-refractivity contribution in [2.24, 2.45) is 0 Å². The number of rotatable bonds is 7. The monoisotopic (exact) mass is 468 g/mol. The number of piperazine rings is 1. The Hall–Kier alpha value is -1.66. The van der Waals surface area contributed by atoms with E-state index in [1.54, 1.807) is 7.11 Å². The predicted octanol–water partition coefficient (Wildman–Crippen LogP) is -2.44. The Labute approximate surface area is 199 Å². The highest BCUT2D eigenvalue weighted by molar-refractivity contribution is 5.58. The van der Waals surface area contributed by atoms with Gasteiger partial charge in [0.1, 0.15) is 24.2 Å². The average molecular weight is 469 g/mol. The molecule has 0 amide bonds. The van der Waals surface area contributed by atoms with Crippen LogP contribution in [0.5, 0.6) is 11.5 Å². The molecule has 0 aromatic heterocycles.